The van der Waals surface area contributed by atoms with Gasteiger partial charge in [0.1, 0.15) is 0 Å². The number of rotatable bonds is 9. The van der Waals surface area contributed by atoms with E-state index in [1.165, 1.54) is 70.6 Å². The number of ketones is 1. The van der Waals surface area contributed by atoms with Crippen molar-refractivity contribution in [2.45, 2.75) is 174 Å². The summed E-state index contributed by atoms with van der Waals surface area (Å²) in [6.07, 6.45) is 43.9. The molecule has 1 rings (SSSR count). The molecule has 0 aromatic rings. The Morgan fingerprint density at radius 1 is 0.696 bits per heavy atom. The van der Waals surface area contributed by atoms with Gasteiger partial charge in [0, 0.05) is 12.8 Å². The van der Waals surface area contributed by atoms with Gasteiger partial charge in [0.05, 0.1) is 0 Å². The highest BCUT2D eigenvalue weighted by Gasteiger charge is 2.22. The van der Waals surface area contributed by atoms with Gasteiger partial charge in [-0.3, -0.25) is 9.59 Å². The maximum Gasteiger partial charge on any atom is 0.306 e. The molecule has 3 unspecified atom stereocenters. The van der Waals surface area contributed by atoms with Crippen LogP contribution in [0.4, 0.5) is 0 Å². The highest BCUT2D eigenvalue weighted by molar-refractivity contribution is 5.85. The second kappa shape index (κ2) is 30.4. The molecule has 264 valence electrons. The fourth-order valence-electron chi connectivity index (χ4n) is 6.57. The molecule has 0 N–H and O–H groups in total. The Kier molecular flexibility index (Phi) is 27.8. The Labute approximate surface area is 285 Å². The zero-order valence-corrected chi connectivity index (χ0v) is 30.7. The number of hydrogen-bond donors (Lipinski definition) is 0. The van der Waals surface area contributed by atoms with Gasteiger partial charge in [-0.2, -0.15) is 0 Å². The second-order valence-electron chi connectivity index (χ2n) is 13.9. The van der Waals surface area contributed by atoms with E-state index in [1.54, 1.807) is 0 Å². The van der Waals surface area contributed by atoms with Crippen LogP contribution in [0.2, 0.25) is 0 Å². The van der Waals surface area contributed by atoms with E-state index in [0.717, 1.165) is 82.6 Å². The minimum atomic E-state index is -0.558. The van der Waals surface area contributed by atoms with Crippen molar-refractivity contribution in [2.24, 2.45) is 11.8 Å². The van der Waals surface area contributed by atoms with Gasteiger partial charge >= 0.3 is 5.97 Å². The van der Waals surface area contributed by atoms with Crippen LogP contribution in [0.3, 0.4) is 0 Å². The lowest BCUT2D eigenvalue weighted by atomic mass is 9.81. The summed E-state index contributed by atoms with van der Waals surface area (Å²) in [6, 6.07) is 0. The van der Waals surface area contributed by atoms with Crippen molar-refractivity contribution in [3.63, 3.8) is 0 Å². The zero-order valence-electron chi connectivity index (χ0n) is 30.7. The van der Waals surface area contributed by atoms with Gasteiger partial charge in [0.2, 0.25) is 0 Å². The van der Waals surface area contributed by atoms with E-state index in [9.17, 15) is 9.59 Å². The van der Waals surface area contributed by atoms with Gasteiger partial charge in [-0.25, -0.2) is 0 Å². The summed E-state index contributed by atoms with van der Waals surface area (Å²) in [5, 5.41) is 0. The average molecular weight is 640 g/mol. The molecular weight excluding hydrogens is 566 g/mol. The van der Waals surface area contributed by atoms with Gasteiger partial charge in [0.25, 0.3) is 0 Å². The molecule has 0 radical (unpaired) electrons. The molecule has 0 spiro atoms. The van der Waals surface area contributed by atoms with E-state index >= 15 is 0 Å². The SMILES string of the molecule is CCCC1CC=CCC=CCCCCCCCC(=O)C(OC(=O)CCCN(C)C)CCCCCCCC=CCC=CCC1CCC. The van der Waals surface area contributed by atoms with Crippen LogP contribution in [-0.2, 0) is 14.3 Å². The Balaban J connectivity index is 2.68. The summed E-state index contributed by atoms with van der Waals surface area (Å²) in [5.74, 6) is 1.49. The molecule has 0 bridgehead atoms. The minimum absolute atomic E-state index is 0.123. The molecule has 0 fully saturated rings. The zero-order chi connectivity index (χ0) is 33.5. The molecule has 4 nitrogen and oxygen atoms in total. The van der Waals surface area contributed by atoms with Gasteiger partial charge in [0.15, 0.2) is 11.9 Å². The number of carbonyl (C=O) groups excluding carboxylic acids is 2. The Bertz CT molecular complexity index is 855. The molecule has 0 saturated carbocycles. The first-order valence-electron chi connectivity index (χ1n) is 19.4. The second-order valence-corrected chi connectivity index (χ2v) is 13.9. The van der Waals surface area contributed by atoms with Crippen LogP contribution >= 0.6 is 0 Å². The molecular formula is C42H73NO3. The third kappa shape index (κ3) is 24.3. The Morgan fingerprint density at radius 2 is 1.20 bits per heavy atom. The number of nitrogens with zero attached hydrogens (tertiary/aromatic N) is 1. The molecule has 0 aromatic carbocycles. The van der Waals surface area contributed by atoms with Crippen molar-refractivity contribution < 1.29 is 14.3 Å². The van der Waals surface area contributed by atoms with Crippen LogP contribution in [-0.4, -0.2) is 43.4 Å². The molecule has 0 heterocycles. The van der Waals surface area contributed by atoms with E-state index < -0.39 is 6.10 Å². The van der Waals surface area contributed by atoms with E-state index in [4.69, 9.17) is 4.74 Å². The quantitative estimate of drug-likeness (QED) is 0.186. The summed E-state index contributed by atoms with van der Waals surface area (Å²) in [4.78, 5) is 27.6. The van der Waals surface area contributed by atoms with Crippen molar-refractivity contribution in [3.05, 3.63) is 48.6 Å². The number of ether oxygens (including phenoxy) is 1. The third-order valence-corrected chi connectivity index (χ3v) is 9.32. The molecule has 0 saturated heterocycles. The molecule has 0 aliphatic heterocycles. The smallest absolute Gasteiger partial charge is 0.306 e. The largest absolute Gasteiger partial charge is 0.454 e. The highest BCUT2D eigenvalue weighted by Crippen LogP contribution is 2.29. The van der Waals surface area contributed by atoms with Crippen molar-refractivity contribution in [3.8, 4) is 0 Å². The van der Waals surface area contributed by atoms with Gasteiger partial charge in [-0.05, 0) is 110 Å². The van der Waals surface area contributed by atoms with Crippen LogP contribution in [0.25, 0.3) is 0 Å². The van der Waals surface area contributed by atoms with Crippen molar-refractivity contribution >= 4 is 11.8 Å². The molecule has 3 atom stereocenters. The predicted octanol–water partition coefficient (Wildman–Crippen LogP) is 11.9. The van der Waals surface area contributed by atoms with Crippen molar-refractivity contribution in [1.82, 2.24) is 4.90 Å². The first-order valence-corrected chi connectivity index (χ1v) is 19.4. The summed E-state index contributed by atoms with van der Waals surface area (Å²) in [5.41, 5.74) is 0. The van der Waals surface area contributed by atoms with Crippen molar-refractivity contribution in [2.75, 3.05) is 20.6 Å². The third-order valence-electron chi connectivity index (χ3n) is 9.32. The minimum Gasteiger partial charge on any atom is -0.454 e. The molecule has 1 aliphatic carbocycles. The lowest BCUT2D eigenvalue weighted by Crippen LogP contribution is -2.27. The summed E-state index contributed by atoms with van der Waals surface area (Å²) in [7, 11) is 4.02. The van der Waals surface area contributed by atoms with Crippen LogP contribution in [0.5, 0.6) is 0 Å². The number of allylic oxidation sites excluding steroid dienone is 8. The predicted molar refractivity (Wildman–Crippen MR) is 199 cm³/mol. The number of esters is 1. The monoisotopic (exact) mass is 640 g/mol. The van der Waals surface area contributed by atoms with E-state index in [0.29, 0.717) is 19.3 Å². The summed E-state index contributed by atoms with van der Waals surface area (Å²) < 4.78 is 5.76. The number of hydrogen-bond acceptors (Lipinski definition) is 4. The van der Waals surface area contributed by atoms with Gasteiger partial charge < -0.3 is 9.64 Å². The van der Waals surface area contributed by atoms with Gasteiger partial charge in [-0.15, -0.1) is 0 Å². The van der Waals surface area contributed by atoms with E-state index in [2.05, 4.69) is 67.4 Å². The first-order chi connectivity index (χ1) is 22.5. The Hall–Kier alpha value is -1.94. The first kappa shape index (κ1) is 42.1. The fraction of sp³-hybridized carbons (Fsp3) is 0.762. The topological polar surface area (TPSA) is 46.6 Å². The normalized spacial score (nSPS) is 23.3. The molecule has 4 heteroatoms. The lowest BCUT2D eigenvalue weighted by Gasteiger charge is -2.25. The van der Waals surface area contributed by atoms with E-state index in [-0.39, 0.29) is 11.8 Å². The number of carbonyl (C=O) groups is 2. The average Bonchev–Trinajstić information content (AvgIpc) is 3.03. The van der Waals surface area contributed by atoms with Crippen LogP contribution in [0.1, 0.15) is 168 Å². The molecule has 46 heavy (non-hydrogen) atoms. The van der Waals surface area contributed by atoms with Gasteiger partial charge in [-0.1, -0.05) is 127 Å². The number of Topliss-reactive ketones (excluding diaryl/α,β-unsaturated/α-hetero) is 1. The summed E-state index contributed by atoms with van der Waals surface area (Å²) >= 11 is 0. The standard InChI is InChI=1S/C42H73NO3/c1-5-30-38-32-25-21-17-13-9-7-11-15-19-23-27-34-40(44)41(46-42(45)36-29-37-43(3)4)35-28-24-20-16-12-8-10-14-18-22-26-33-39(38)31-6-2/h9-10,13-14,21-22,25-26,38-39,41H,5-8,11-12,15-20,23-24,27-37H2,1-4H3. The molecule has 0 aromatic heterocycles. The maximum absolute atomic E-state index is 13.1. The van der Waals surface area contributed by atoms with Crippen LogP contribution in [0, 0.1) is 11.8 Å². The van der Waals surface area contributed by atoms with Crippen LogP contribution < -0.4 is 0 Å². The van der Waals surface area contributed by atoms with Crippen LogP contribution in [0.15, 0.2) is 48.6 Å². The molecule has 1 aliphatic rings. The highest BCUT2D eigenvalue weighted by atomic mass is 16.5. The summed E-state index contributed by atoms with van der Waals surface area (Å²) in [6.45, 7) is 5.52. The van der Waals surface area contributed by atoms with E-state index in [1.807, 2.05) is 14.1 Å². The fourth-order valence-corrected chi connectivity index (χ4v) is 6.57. The maximum atomic E-state index is 13.1. The lowest BCUT2D eigenvalue weighted by molar-refractivity contribution is -0.155. The van der Waals surface area contributed by atoms with Crippen molar-refractivity contribution in [1.29, 1.82) is 0 Å². The molecule has 0 amide bonds. The Morgan fingerprint density at radius 3 is 1.74 bits per heavy atom.